The average Bonchev–Trinajstić information content (AvgIpc) is 3.52. The lowest BCUT2D eigenvalue weighted by Gasteiger charge is -2.08. The van der Waals surface area contributed by atoms with Crippen molar-refractivity contribution in [2.24, 2.45) is 0 Å². The van der Waals surface area contributed by atoms with Gasteiger partial charge in [0.1, 0.15) is 0 Å². The summed E-state index contributed by atoms with van der Waals surface area (Å²) in [6.45, 7) is 4.06. The number of aryl methyl sites for hydroxylation is 2. The molecule has 4 nitrogen and oxygen atoms in total. The molecule has 0 radical (unpaired) electrons. The Kier molecular flexibility index (Phi) is 5.29. The molecular weight excluding hydrogens is 493 g/mol. The lowest BCUT2D eigenvalue weighted by Crippen LogP contribution is -2.00. The topological polar surface area (TPSA) is 59.9 Å². The first kappa shape index (κ1) is 22.1. The highest BCUT2D eigenvalue weighted by Crippen LogP contribution is 2.51. The van der Waals surface area contributed by atoms with Gasteiger partial charge >= 0.3 is 0 Å². The molecule has 0 saturated heterocycles. The van der Waals surface area contributed by atoms with E-state index in [1.807, 2.05) is 49.4 Å². The monoisotopic (exact) mass is 512 g/mol. The molecule has 5 aromatic rings. The van der Waals surface area contributed by atoms with E-state index >= 15 is 0 Å². The minimum absolute atomic E-state index is 0.372. The third-order valence-electron chi connectivity index (χ3n) is 6.22. The molecule has 0 unspecified atom stereocenters. The fraction of sp³-hybridized carbons (Fsp3) is 0.0714. The summed E-state index contributed by atoms with van der Waals surface area (Å²) in [6, 6.07) is 19.3. The Morgan fingerprint density at radius 2 is 1.17 bits per heavy atom. The van der Waals surface area contributed by atoms with Gasteiger partial charge in [0, 0.05) is 61.0 Å². The zero-order valence-corrected chi connectivity index (χ0v) is 21.5. The largest absolute Gasteiger partial charge is 0.265 e. The number of sulfone groups is 1. The second-order valence-corrected chi connectivity index (χ2v) is 12.7. The molecular formula is C28H20N2O2S3. The van der Waals surface area contributed by atoms with E-state index in [1.165, 1.54) is 0 Å². The van der Waals surface area contributed by atoms with Gasteiger partial charge in [-0.2, -0.15) is 0 Å². The Labute approximate surface area is 212 Å². The minimum Gasteiger partial charge on any atom is -0.265 e. The van der Waals surface area contributed by atoms with Crippen LogP contribution in [-0.2, 0) is 9.84 Å². The lowest BCUT2D eigenvalue weighted by atomic mass is 9.95. The Hall–Kier alpha value is -3.39. The molecule has 0 saturated carbocycles. The standard InChI is InChI=1S/C28H20N2O2S3/c1-17-22(15-24(33-17)19-7-11-29-12-8-19)27-21-5-3-4-6-26(21)35(31,32)28(27)23-16-25(34-18(23)2)20-9-13-30-14-10-20/h3-16H,1-2H3. The smallest absolute Gasteiger partial charge is 0.208 e. The summed E-state index contributed by atoms with van der Waals surface area (Å²) in [5.41, 5.74) is 5.38. The van der Waals surface area contributed by atoms with Crippen molar-refractivity contribution in [1.82, 2.24) is 9.97 Å². The zero-order chi connectivity index (χ0) is 24.2. The van der Waals surface area contributed by atoms with E-state index in [9.17, 15) is 8.42 Å². The second-order valence-electron chi connectivity index (χ2n) is 8.34. The van der Waals surface area contributed by atoms with E-state index < -0.39 is 9.84 Å². The normalized spacial score (nSPS) is 14.3. The van der Waals surface area contributed by atoms with Crippen molar-refractivity contribution >= 4 is 43.0 Å². The van der Waals surface area contributed by atoms with Gasteiger partial charge in [-0.25, -0.2) is 8.42 Å². The first-order valence-electron chi connectivity index (χ1n) is 11.1. The molecule has 1 aliphatic rings. The van der Waals surface area contributed by atoms with Gasteiger partial charge in [-0.05, 0) is 73.0 Å². The molecule has 0 fully saturated rings. The van der Waals surface area contributed by atoms with Crippen LogP contribution in [0.5, 0.6) is 0 Å². The van der Waals surface area contributed by atoms with E-state index in [0.29, 0.717) is 9.80 Å². The predicted molar refractivity (Wildman–Crippen MR) is 144 cm³/mol. The highest BCUT2D eigenvalue weighted by atomic mass is 32.2. The molecule has 0 N–H and O–H groups in total. The van der Waals surface area contributed by atoms with Crippen LogP contribution in [0.25, 0.3) is 31.4 Å². The maximum atomic E-state index is 14.0. The first-order valence-corrected chi connectivity index (χ1v) is 14.2. The SMILES string of the molecule is Cc1sc(-c2ccncc2)cc1C1=C(c2cc(-c3ccncc3)sc2C)S(=O)(=O)c2ccccc21. The van der Waals surface area contributed by atoms with Gasteiger partial charge in [0.15, 0.2) is 0 Å². The molecule has 1 aliphatic heterocycles. The lowest BCUT2D eigenvalue weighted by molar-refractivity contribution is 0.606. The fourth-order valence-corrected chi connectivity index (χ4v) is 8.63. The molecule has 0 aliphatic carbocycles. The molecule has 4 aromatic heterocycles. The molecule has 5 heterocycles. The second kappa shape index (κ2) is 8.37. The van der Waals surface area contributed by atoms with Gasteiger partial charge in [-0.1, -0.05) is 18.2 Å². The van der Waals surface area contributed by atoms with Crippen molar-refractivity contribution in [1.29, 1.82) is 0 Å². The van der Waals surface area contributed by atoms with Crippen LogP contribution >= 0.6 is 22.7 Å². The Balaban J connectivity index is 1.63. The molecule has 0 bridgehead atoms. The fourth-order valence-electron chi connectivity index (χ4n) is 4.58. The van der Waals surface area contributed by atoms with Crippen LogP contribution in [0, 0.1) is 13.8 Å². The van der Waals surface area contributed by atoms with Crippen molar-refractivity contribution in [2.45, 2.75) is 18.7 Å². The highest BCUT2D eigenvalue weighted by molar-refractivity contribution is 8.01. The van der Waals surface area contributed by atoms with Crippen molar-refractivity contribution in [3.8, 4) is 20.9 Å². The summed E-state index contributed by atoms with van der Waals surface area (Å²) >= 11 is 3.28. The summed E-state index contributed by atoms with van der Waals surface area (Å²) < 4.78 is 28.0. The van der Waals surface area contributed by atoms with Gasteiger partial charge in [0.05, 0.1) is 9.80 Å². The summed E-state index contributed by atoms with van der Waals surface area (Å²) in [5.74, 6) is 0. The maximum absolute atomic E-state index is 14.0. The van der Waals surface area contributed by atoms with Gasteiger partial charge < -0.3 is 0 Å². The molecule has 0 spiro atoms. The molecule has 0 amide bonds. The van der Waals surface area contributed by atoms with Gasteiger partial charge in [-0.3, -0.25) is 9.97 Å². The Morgan fingerprint density at radius 3 is 1.77 bits per heavy atom. The van der Waals surface area contributed by atoms with Crippen molar-refractivity contribution in [3.05, 3.63) is 112 Å². The summed E-state index contributed by atoms with van der Waals surface area (Å²) in [5, 5.41) is 0. The van der Waals surface area contributed by atoms with Gasteiger partial charge in [-0.15, -0.1) is 22.7 Å². The number of pyridine rings is 2. The summed E-state index contributed by atoms with van der Waals surface area (Å²) in [7, 11) is -3.69. The molecule has 0 atom stereocenters. The van der Waals surface area contributed by atoms with E-state index in [-0.39, 0.29) is 0 Å². The van der Waals surface area contributed by atoms with Crippen LogP contribution in [0.1, 0.15) is 26.4 Å². The molecule has 6 rings (SSSR count). The average molecular weight is 513 g/mol. The first-order chi connectivity index (χ1) is 16.9. The number of benzene rings is 1. The van der Waals surface area contributed by atoms with Crippen LogP contribution in [0.3, 0.4) is 0 Å². The number of nitrogens with zero attached hydrogens (tertiary/aromatic N) is 2. The predicted octanol–water partition coefficient (Wildman–Crippen LogP) is 7.25. The van der Waals surface area contributed by atoms with Crippen LogP contribution in [0.4, 0.5) is 0 Å². The van der Waals surface area contributed by atoms with E-state index in [4.69, 9.17) is 0 Å². The Bertz CT molecular complexity index is 1710. The molecule has 1 aromatic carbocycles. The number of fused-ring (bicyclic) bond motifs is 1. The number of thiophene rings is 2. The summed E-state index contributed by atoms with van der Waals surface area (Å²) in [6.07, 6.45) is 7.07. The minimum atomic E-state index is -3.69. The number of aromatic nitrogens is 2. The van der Waals surface area contributed by atoms with E-state index in [0.717, 1.165) is 52.9 Å². The van der Waals surface area contributed by atoms with Crippen molar-refractivity contribution in [2.75, 3.05) is 0 Å². The van der Waals surface area contributed by atoms with Crippen LogP contribution in [0.15, 0.2) is 90.3 Å². The van der Waals surface area contributed by atoms with E-state index in [1.54, 1.807) is 59.6 Å². The number of rotatable bonds is 4. The number of hydrogen-bond donors (Lipinski definition) is 0. The third-order valence-corrected chi connectivity index (χ3v) is 10.3. The third kappa shape index (κ3) is 3.58. The summed E-state index contributed by atoms with van der Waals surface area (Å²) in [4.78, 5) is 13.2. The van der Waals surface area contributed by atoms with Crippen LogP contribution < -0.4 is 0 Å². The Morgan fingerprint density at radius 1 is 0.657 bits per heavy atom. The maximum Gasteiger partial charge on any atom is 0.208 e. The van der Waals surface area contributed by atoms with Crippen LogP contribution in [0.2, 0.25) is 0 Å². The molecule has 7 heteroatoms. The van der Waals surface area contributed by atoms with Crippen molar-refractivity contribution in [3.63, 3.8) is 0 Å². The highest BCUT2D eigenvalue weighted by Gasteiger charge is 2.39. The van der Waals surface area contributed by atoms with Gasteiger partial charge in [0.25, 0.3) is 0 Å². The van der Waals surface area contributed by atoms with Gasteiger partial charge in [0.2, 0.25) is 9.84 Å². The quantitative estimate of drug-likeness (QED) is 0.254. The molecule has 35 heavy (non-hydrogen) atoms. The zero-order valence-electron chi connectivity index (χ0n) is 19.0. The van der Waals surface area contributed by atoms with Crippen molar-refractivity contribution < 1.29 is 8.42 Å². The molecule has 172 valence electrons. The van der Waals surface area contributed by atoms with E-state index in [2.05, 4.69) is 23.0 Å². The van der Waals surface area contributed by atoms with Crippen LogP contribution in [-0.4, -0.2) is 18.4 Å². The number of hydrogen-bond acceptors (Lipinski definition) is 6.